The van der Waals surface area contributed by atoms with Crippen molar-refractivity contribution >= 4 is 7.32 Å². The van der Waals surface area contributed by atoms with Crippen molar-refractivity contribution in [2.24, 2.45) is 0 Å². The van der Waals surface area contributed by atoms with E-state index in [1.807, 2.05) is 0 Å². The Kier molecular flexibility index (Phi) is 14.1. The first kappa shape index (κ1) is 25.3. The molecule has 0 saturated heterocycles. The molecule has 0 spiro atoms. The maximum Gasteiger partial charge on any atom is 0.631 e. The van der Waals surface area contributed by atoms with Gasteiger partial charge in [-0.05, 0) is 46.1 Å². The smallest absolute Gasteiger partial charge is 0.402 e. The van der Waals surface area contributed by atoms with Crippen LogP contribution in [0.1, 0.15) is 65.9 Å². The van der Waals surface area contributed by atoms with Crippen LogP contribution in [-0.2, 0) is 6.42 Å². The van der Waals surface area contributed by atoms with Gasteiger partial charge in [-0.3, -0.25) is 0 Å². The van der Waals surface area contributed by atoms with Crippen molar-refractivity contribution < 1.29 is 25.3 Å². The summed E-state index contributed by atoms with van der Waals surface area (Å²) >= 11 is 0. The highest BCUT2D eigenvalue weighted by atomic mass is 16.5. The number of aryl methyl sites for hydroxylation is 1. The van der Waals surface area contributed by atoms with Crippen molar-refractivity contribution in [1.29, 1.82) is 0 Å². The third kappa shape index (κ3) is 17.4. The largest absolute Gasteiger partial charge is 0.631 e. The summed E-state index contributed by atoms with van der Waals surface area (Å²) in [6.07, 6.45) is 6.69. The van der Waals surface area contributed by atoms with Gasteiger partial charge in [-0.2, -0.15) is 0 Å². The Morgan fingerprint density at radius 3 is 1.54 bits per heavy atom. The molecule has 5 N–H and O–H groups in total. The summed E-state index contributed by atoms with van der Waals surface area (Å²) in [4.78, 5) is 0. The van der Waals surface area contributed by atoms with E-state index in [-0.39, 0.29) is 0 Å². The molecule has 0 bridgehead atoms. The minimum Gasteiger partial charge on any atom is -0.402 e. The van der Waals surface area contributed by atoms with Gasteiger partial charge in [0.15, 0.2) is 0 Å². The number of rotatable bonds is 6. The average molecular weight is 342 g/mol. The van der Waals surface area contributed by atoms with Gasteiger partial charge < -0.3 is 25.3 Å². The van der Waals surface area contributed by atoms with E-state index in [4.69, 9.17) is 25.3 Å². The van der Waals surface area contributed by atoms with Crippen LogP contribution in [0.5, 0.6) is 0 Å². The second-order valence-electron chi connectivity index (χ2n) is 6.76. The lowest BCUT2D eigenvalue weighted by atomic mass is 9.90. The highest BCUT2D eigenvalue weighted by Crippen LogP contribution is 2.19. The first-order valence-corrected chi connectivity index (χ1v) is 8.44. The number of hydrogen-bond donors (Lipinski definition) is 5. The SMILES string of the molecule is CC(C)(O)C(C)(C)O.CCCCCCc1ccccc1.OB(O)O. The van der Waals surface area contributed by atoms with Crippen LogP contribution in [0.4, 0.5) is 0 Å². The van der Waals surface area contributed by atoms with E-state index < -0.39 is 18.5 Å². The fourth-order valence-electron chi connectivity index (χ4n) is 1.40. The second-order valence-corrected chi connectivity index (χ2v) is 6.76. The number of hydrogen-bond acceptors (Lipinski definition) is 5. The van der Waals surface area contributed by atoms with Crippen molar-refractivity contribution in [3.63, 3.8) is 0 Å². The highest BCUT2D eigenvalue weighted by molar-refractivity contribution is 6.30. The van der Waals surface area contributed by atoms with Gasteiger partial charge in [-0.1, -0.05) is 56.5 Å². The fraction of sp³-hybridized carbons (Fsp3) is 0.667. The molecule has 1 rings (SSSR count). The van der Waals surface area contributed by atoms with Crippen molar-refractivity contribution in [2.75, 3.05) is 0 Å². The van der Waals surface area contributed by atoms with Crippen LogP contribution in [0.15, 0.2) is 30.3 Å². The molecule has 1 aromatic rings. The van der Waals surface area contributed by atoms with Crippen LogP contribution in [0, 0.1) is 0 Å². The molecule has 0 fully saturated rings. The summed E-state index contributed by atoms with van der Waals surface area (Å²) in [6, 6.07) is 10.7. The van der Waals surface area contributed by atoms with Crippen molar-refractivity contribution in [3.8, 4) is 0 Å². The Bertz CT molecular complexity index is 368. The zero-order valence-electron chi connectivity index (χ0n) is 15.7. The van der Waals surface area contributed by atoms with E-state index in [0.29, 0.717) is 0 Å². The van der Waals surface area contributed by atoms with Crippen LogP contribution < -0.4 is 0 Å². The second kappa shape index (κ2) is 13.4. The zero-order chi connectivity index (χ0) is 19.2. The summed E-state index contributed by atoms with van der Waals surface area (Å²) < 4.78 is 0. The number of benzene rings is 1. The first-order chi connectivity index (χ1) is 10.9. The molecule has 0 aliphatic heterocycles. The normalized spacial score (nSPS) is 10.9. The van der Waals surface area contributed by atoms with E-state index in [1.54, 1.807) is 27.7 Å². The Morgan fingerprint density at radius 2 is 1.21 bits per heavy atom. The maximum atomic E-state index is 9.10. The summed E-state index contributed by atoms with van der Waals surface area (Å²) in [5.74, 6) is 0. The summed E-state index contributed by atoms with van der Waals surface area (Å²) in [6.45, 7) is 8.56. The molecule has 6 heteroatoms. The van der Waals surface area contributed by atoms with Gasteiger partial charge in [0.1, 0.15) is 0 Å². The predicted octanol–water partition coefficient (Wildman–Crippen LogP) is 2.29. The minimum atomic E-state index is -2.17. The van der Waals surface area contributed by atoms with Gasteiger partial charge in [-0.25, -0.2) is 0 Å². The monoisotopic (exact) mass is 342 g/mol. The van der Waals surface area contributed by atoms with Gasteiger partial charge in [0.2, 0.25) is 0 Å². The molecule has 24 heavy (non-hydrogen) atoms. The zero-order valence-corrected chi connectivity index (χ0v) is 15.7. The average Bonchev–Trinajstić information content (AvgIpc) is 2.43. The van der Waals surface area contributed by atoms with Gasteiger partial charge in [0.25, 0.3) is 0 Å². The minimum absolute atomic E-state index is 1.01. The molecule has 0 saturated carbocycles. The molecule has 5 nitrogen and oxygen atoms in total. The standard InChI is InChI=1S/C12H18.C6H14O2.BH3O3/c1-2-3-4-6-9-12-10-7-5-8-11-12;1-5(2,7)6(3,4)8;2-1(3)4/h5,7-8,10-11H,2-4,6,9H2,1H3;7-8H,1-4H3;2-4H. The molecule has 0 aromatic heterocycles. The van der Waals surface area contributed by atoms with E-state index in [0.717, 1.165) is 0 Å². The fourth-order valence-corrected chi connectivity index (χ4v) is 1.40. The van der Waals surface area contributed by atoms with Crippen LogP contribution in [-0.4, -0.2) is 43.8 Å². The summed E-state index contributed by atoms with van der Waals surface area (Å²) in [7, 11) is -2.17. The molecule has 0 aliphatic rings. The molecule has 0 heterocycles. The Balaban J connectivity index is 0. The Hall–Kier alpha value is -0.915. The van der Waals surface area contributed by atoms with E-state index >= 15 is 0 Å². The quantitative estimate of drug-likeness (QED) is 0.403. The Labute approximate surface area is 147 Å². The number of aliphatic hydroxyl groups is 2. The van der Waals surface area contributed by atoms with Gasteiger partial charge in [-0.15, -0.1) is 0 Å². The predicted molar refractivity (Wildman–Crippen MR) is 99.3 cm³/mol. The molecule has 140 valence electrons. The summed E-state index contributed by atoms with van der Waals surface area (Å²) in [5.41, 5.74) is -0.534. The molecule has 0 radical (unpaired) electrons. The van der Waals surface area contributed by atoms with E-state index in [2.05, 4.69) is 37.3 Å². The van der Waals surface area contributed by atoms with Crippen molar-refractivity contribution in [1.82, 2.24) is 0 Å². The molecular formula is C18H35BO5. The van der Waals surface area contributed by atoms with Gasteiger partial charge in [0, 0.05) is 0 Å². The molecule has 1 aromatic carbocycles. The third-order valence-electron chi connectivity index (χ3n) is 3.66. The lowest BCUT2D eigenvalue weighted by molar-refractivity contribution is -0.107. The van der Waals surface area contributed by atoms with Crippen LogP contribution in [0.2, 0.25) is 0 Å². The maximum absolute atomic E-state index is 9.10. The van der Waals surface area contributed by atoms with Crippen molar-refractivity contribution in [3.05, 3.63) is 35.9 Å². The van der Waals surface area contributed by atoms with E-state index in [9.17, 15) is 0 Å². The van der Waals surface area contributed by atoms with Crippen molar-refractivity contribution in [2.45, 2.75) is 77.9 Å². The van der Waals surface area contributed by atoms with Crippen LogP contribution in [0.25, 0.3) is 0 Å². The highest BCUT2D eigenvalue weighted by Gasteiger charge is 2.31. The number of unbranched alkanes of at least 4 members (excludes halogenated alkanes) is 3. The molecular weight excluding hydrogens is 307 g/mol. The summed E-state index contributed by atoms with van der Waals surface area (Å²) in [5, 5.41) is 39.7. The van der Waals surface area contributed by atoms with Crippen LogP contribution in [0.3, 0.4) is 0 Å². The van der Waals surface area contributed by atoms with Gasteiger partial charge in [0.05, 0.1) is 11.2 Å². The van der Waals surface area contributed by atoms with Crippen LogP contribution >= 0.6 is 0 Å². The molecule has 0 aliphatic carbocycles. The molecule has 0 unspecified atom stereocenters. The first-order valence-electron chi connectivity index (χ1n) is 8.44. The topological polar surface area (TPSA) is 101 Å². The Morgan fingerprint density at radius 1 is 0.792 bits per heavy atom. The van der Waals surface area contributed by atoms with E-state index in [1.165, 1.54) is 37.7 Å². The molecule has 0 atom stereocenters. The lowest BCUT2D eigenvalue weighted by Gasteiger charge is -2.31. The third-order valence-corrected chi connectivity index (χ3v) is 3.66. The van der Waals surface area contributed by atoms with Gasteiger partial charge >= 0.3 is 7.32 Å². The lowest BCUT2D eigenvalue weighted by Crippen LogP contribution is -2.44. The molecule has 0 amide bonds.